The van der Waals surface area contributed by atoms with Crippen LogP contribution in [0.5, 0.6) is 11.5 Å². The van der Waals surface area contributed by atoms with E-state index in [4.69, 9.17) is 21.4 Å². The second-order valence-electron chi connectivity index (χ2n) is 7.97. The number of hydrogen-bond donors (Lipinski definition) is 3. The van der Waals surface area contributed by atoms with Crippen molar-refractivity contribution >= 4 is 29.2 Å². The van der Waals surface area contributed by atoms with Crippen LogP contribution in [0.3, 0.4) is 0 Å². The van der Waals surface area contributed by atoms with Crippen molar-refractivity contribution < 1.29 is 24.5 Å². The summed E-state index contributed by atoms with van der Waals surface area (Å²) in [6, 6.07) is 9.51. The van der Waals surface area contributed by atoms with Crippen LogP contribution in [0.2, 0.25) is 5.02 Å². The fourth-order valence-corrected chi connectivity index (χ4v) is 4.46. The van der Waals surface area contributed by atoms with Gasteiger partial charge in [-0.3, -0.25) is 14.5 Å². The number of halogens is 1. The number of pyridine rings is 1. The summed E-state index contributed by atoms with van der Waals surface area (Å²) < 4.78 is 5.84. The second kappa shape index (κ2) is 9.62. The van der Waals surface area contributed by atoms with Gasteiger partial charge in [-0.05, 0) is 37.1 Å². The van der Waals surface area contributed by atoms with Gasteiger partial charge >= 0.3 is 5.97 Å². The molecule has 10 heteroatoms. The number of nitrogens with zero attached hydrogens (tertiary/aromatic N) is 3. The predicted molar refractivity (Wildman–Crippen MR) is 119 cm³/mol. The van der Waals surface area contributed by atoms with Gasteiger partial charge in [0.2, 0.25) is 0 Å². The fourth-order valence-electron chi connectivity index (χ4n) is 4.33. The zero-order valence-electron chi connectivity index (χ0n) is 17.4. The van der Waals surface area contributed by atoms with Crippen LogP contribution in [-0.2, 0) is 4.79 Å². The number of amides is 1. The summed E-state index contributed by atoms with van der Waals surface area (Å²) in [6.45, 7) is 2.57. The van der Waals surface area contributed by atoms with E-state index in [1.165, 1.54) is 6.07 Å². The number of carboxylic acid groups (broad SMARTS) is 1. The summed E-state index contributed by atoms with van der Waals surface area (Å²) in [6.07, 6.45) is 3.70. The number of aliphatic carboxylic acids is 1. The highest BCUT2D eigenvalue weighted by molar-refractivity contribution is 6.30. The van der Waals surface area contributed by atoms with E-state index in [0.29, 0.717) is 17.7 Å². The molecule has 1 amide bonds. The molecule has 2 unspecified atom stereocenters. The summed E-state index contributed by atoms with van der Waals surface area (Å²) in [5, 5.41) is 21.9. The molecule has 170 valence electrons. The molecular formula is C22H25ClN4O5. The first kappa shape index (κ1) is 22.2. The van der Waals surface area contributed by atoms with E-state index < -0.39 is 18.4 Å². The van der Waals surface area contributed by atoms with Crippen LogP contribution in [0, 0.1) is 0 Å². The van der Waals surface area contributed by atoms with Gasteiger partial charge in [-0.15, -0.1) is 0 Å². The molecule has 0 radical (unpaired) electrons. The molecule has 2 aromatic rings. The molecule has 3 N–H and O–H groups in total. The van der Waals surface area contributed by atoms with E-state index in [-0.39, 0.29) is 17.5 Å². The number of nitrogens with one attached hydrogen (secondary N) is 1. The molecule has 4 heterocycles. The lowest BCUT2D eigenvalue weighted by atomic mass is 9.90. The molecular weight excluding hydrogens is 436 g/mol. The maximum Gasteiger partial charge on any atom is 0.322 e. The lowest BCUT2D eigenvalue weighted by Crippen LogP contribution is -2.63. The Kier molecular flexibility index (Phi) is 6.66. The SMILES string of the molecule is O=C(O)CNC(=O)c1ncc(N2CC3CCC2CN3CCOc2ccc(Cl)cc2)cc1O. The van der Waals surface area contributed by atoms with Gasteiger partial charge < -0.3 is 25.2 Å². The normalized spacial score (nSPS) is 20.2. The van der Waals surface area contributed by atoms with Crippen molar-refractivity contribution in [3.63, 3.8) is 0 Å². The zero-order chi connectivity index (χ0) is 22.7. The molecule has 3 saturated heterocycles. The lowest BCUT2D eigenvalue weighted by Gasteiger charge is -2.52. The van der Waals surface area contributed by atoms with E-state index in [0.717, 1.165) is 43.9 Å². The van der Waals surface area contributed by atoms with Crippen molar-refractivity contribution in [1.29, 1.82) is 0 Å². The molecule has 2 bridgehead atoms. The Hall–Kier alpha value is -3.04. The van der Waals surface area contributed by atoms with E-state index in [1.54, 1.807) is 6.20 Å². The van der Waals surface area contributed by atoms with E-state index in [1.807, 2.05) is 24.3 Å². The minimum Gasteiger partial charge on any atom is -0.505 e. The predicted octanol–water partition coefficient (Wildman–Crippen LogP) is 1.99. The number of piperidine rings is 2. The third kappa shape index (κ3) is 5.05. The summed E-state index contributed by atoms with van der Waals surface area (Å²) in [5.41, 5.74) is 0.571. The molecule has 1 aromatic carbocycles. The minimum atomic E-state index is -1.16. The summed E-state index contributed by atoms with van der Waals surface area (Å²) >= 11 is 5.90. The number of piperazine rings is 1. The molecule has 3 aliphatic heterocycles. The number of benzene rings is 1. The number of ether oxygens (including phenoxy) is 1. The van der Waals surface area contributed by atoms with Crippen LogP contribution in [-0.4, -0.2) is 76.8 Å². The molecule has 9 nitrogen and oxygen atoms in total. The quantitative estimate of drug-likeness (QED) is 0.547. The summed E-state index contributed by atoms with van der Waals surface area (Å²) in [5.74, 6) is -1.35. The van der Waals surface area contributed by atoms with Crippen LogP contribution in [0.15, 0.2) is 36.5 Å². The lowest BCUT2D eigenvalue weighted by molar-refractivity contribution is -0.135. The molecule has 3 aliphatic rings. The average Bonchev–Trinajstić information content (AvgIpc) is 2.79. The van der Waals surface area contributed by atoms with Gasteiger partial charge in [0, 0.05) is 42.8 Å². The number of anilines is 1. The number of aromatic hydroxyl groups is 1. The average molecular weight is 461 g/mol. The molecule has 0 aliphatic carbocycles. The van der Waals surface area contributed by atoms with Gasteiger partial charge in [-0.25, -0.2) is 4.98 Å². The Morgan fingerprint density at radius 1 is 1.19 bits per heavy atom. The van der Waals surface area contributed by atoms with Crippen molar-refractivity contribution in [3.05, 3.63) is 47.2 Å². The monoisotopic (exact) mass is 460 g/mol. The topological polar surface area (TPSA) is 115 Å². The van der Waals surface area contributed by atoms with Gasteiger partial charge in [0.25, 0.3) is 5.91 Å². The van der Waals surface area contributed by atoms with Gasteiger partial charge in [-0.1, -0.05) is 11.6 Å². The molecule has 0 saturated carbocycles. The van der Waals surface area contributed by atoms with Crippen molar-refractivity contribution in [2.75, 3.05) is 37.7 Å². The number of rotatable bonds is 8. The van der Waals surface area contributed by atoms with Crippen LogP contribution in [0.25, 0.3) is 0 Å². The second-order valence-corrected chi connectivity index (χ2v) is 8.41. The van der Waals surface area contributed by atoms with Crippen molar-refractivity contribution in [3.8, 4) is 11.5 Å². The van der Waals surface area contributed by atoms with Gasteiger partial charge in [0.05, 0.1) is 11.9 Å². The van der Waals surface area contributed by atoms with Crippen molar-refractivity contribution in [2.45, 2.75) is 24.9 Å². The third-order valence-electron chi connectivity index (χ3n) is 5.90. The van der Waals surface area contributed by atoms with E-state index in [9.17, 15) is 14.7 Å². The summed E-state index contributed by atoms with van der Waals surface area (Å²) in [4.78, 5) is 31.4. The highest BCUT2D eigenvalue weighted by Gasteiger charge is 2.39. The zero-order valence-corrected chi connectivity index (χ0v) is 18.2. The first-order chi connectivity index (χ1) is 15.4. The maximum atomic E-state index is 12.0. The standard InChI is InChI=1S/C22H25ClN4O5/c23-14-1-5-18(6-2-14)32-8-7-26-12-16-4-3-15(26)13-27(16)17-9-19(28)21(24-10-17)22(31)25-11-20(29)30/h1-2,5-6,9-10,15-16,28H,3-4,7-8,11-13H2,(H,25,31)(H,29,30). The smallest absolute Gasteiger partial charge is 0.322 e. The van der Waals surface area contributed by atoms with Crippen LogP contribution < -0.4 is 15.0 Å². The Balaban J connectivity index is 1.34. The third-order valence-corrected chi connectivity index (χ3v) is 6.16. The number of carboxylic acids is 1. The Bertz CT molecular complexity index is 987. The van der Waals surface area contributed by atoms with Gasteiger partial charge in [0.1, 0.15) is 24.7 Å². The van der Waals surface area contributed by atoms with Crippen LogP contribution in [0.1, 0.15) is 23.3 Å². The van der Waals surface area contributed by atoms with E-state index in [2.05, 4.69) is 20.1 Å². The van der Waals surface area contributed by atoms with E-state index >= 15 is 0 Å². The number of aromatic nitrogens is 1. The van der Waals surface area contributed by atoms with Gasteiger partial charge in [-0.2, -0.15) is 0 Å². The molecule has 0 spiro atoms. The molecule has 1 aromatic heterocycles. The maximum absolute atomic E-state index is 12.0. The van der Waals surface area contributed by atoms with Crippen LogP contribution >= 0.6 is 11.6 Å². The number of fused-ring (bicyclic) bond motifs is 3. The molecule has 2 atom stereocenters. The first-order valence-corrected chi connectivity index (χ1v) is 10.9. The van der Waals surface area contributed by atoms with Crippen molar-refractivity contribution in [2.24, 2.45) is 0 Å². The van der Waals surface area contributed by atoms with Crippen molar-refractivity contribution in [1.82, 2.24) is 15.2 Å². The first-order valence-electron chi connectivity index (χ1n) is 10.5. The van der Waals surface area contributed by atoms with Crippen LogP contribution in [0.4, 0.5) is 5.69 Å². The highest BCUT2D eigenvalue weighted by atomic mass is 35.5. The molecule has 32 heavy (non-hydrogen) atoms. The minimum absolute atomic E-state index is 0.182. The number of carbonyl (C=O) groups is 2. The summed E-state index contributed by atoms with van der Waals surface area (Å²) in [7, 11) is 0. The molecule has 3 fully saturated rings. The Labute approximate surface area is 190 Å². The Morgan fingerprint density at radius 3 is 2.59 bits per heavy atom. The Morgan fingerprint density at radius 2 is 1.94 bits per heavy atom. The molecule has 5 rings (SSSR count). The largest absolute Gasteiger partial charge is 0.505 e. The highest BCUT2D eigenvalue weighted by Crippen LogP contribution is 2.34. The number of hydrogen-bond acceptors (Lipinski definition) is 7. The van der Waals surface area contributed by atoms with Gasteiger partial charge in [0.15, 0.2) is 5.69 Å². The number of carbonyl (C=O) groups excluding carboxylic acids is 1. The fraction of sp³-hybridized carbons (Fsp3) is 0.409.